The van der Waals surface area contributed by atoms with Crippen molar-refractivity contribution >= 4 is 15.7 Å². The highest BCUT2D eigenvalue weighted by Crippen LogP contribution is 2.34. The molecule has 0 atom stereocenters. The smallest absolute Gasteiger partial charge is 0.264 e. The van der Waals surface area contributed by atoms with Crippen LogP contribution in [0.5, 0.6) is 11.5 Å². The number of nitrogens with zero attached hydrogens (tertiary/aromatic N) is 1. The van der Waals surface area contributed by atoms with E-state index < -0.39 is 10.0 Å². The second kappa shape index (κ2) is 6.36. The first-order chi connectivity index (χ1) is 11.4. The average Bonchev–Trinajstić information content (AvgIpc) is 2.54. The van der Waals surface area contributed by atoms with Crippen molar-refractivity contribution in [2.24, 2.45) is 0 Å². The van der Waals surface area contributed by atoms with Gasteiger partial charge in [-0.25, -0.2) is 8.42 Å². The Bertz CT molecular complexity index is 841. The molecule has 1 aliphatic heterocycles. The fourth-order valence-corrected chi connectivity index (χ4v) is 4.37. The molecule has 0 N–H and O–H groups in total. The van der Waals surface area contributed by atoms with Gasteiger partial charge in [0.2, 0.25) is 0 Å². The highest BCUT2D eigenvalue weighted by Gasteiger charge is 2.26. The molecule has 5 nitrogen and oxygen atoms in total. The number of anilines is 1. The zero-order valence-electron chi connectivity index (χ0n) is 14.1. The summed E-state index contributed by atoms with van der Waals surface area (Å²) in [5, 5.41) is 0. The monoisotopic (exact) mass is 347 g/mol. The first kappa shape index (κ1) is 16.6. The molecule has 0 amide bonds. The predicted octanol–water partition coefficient (Wildman–Crippen LogP) is 3.29. The van der Waals surface area contributed by atoms with Crippen LogP contribution in [0.4, 0.5) is 5.69 Å². The Labute approximate surface area is 142 Å². The Kier molecular flexibility index (Phi) is 4.41. The molecule has 1 aliphatic rings. The first-order valence-corrected chi connectivity index (χ1v) is 9.36. The van der Waals surface area contributed by atoms with Crippen LogP contribution in [0.1, 0.15) is 18.1 Å². The Morgan fingerprint density at radius 3 is 2.21 bits per heavy atom. The summed E-state index contributed by atoms with van der Waals surface area (Å²) in [6, 6.07) is 10.5. The van der Waals surface area contributed by atoms with Gasteiger partial charge in [-0.15, -0.1) is 0 Å². The van der Waals surface area contributed by atoms with Gasteiger partial charge < -0.3 is 9.47 Å². The van der Waals surface area contributed by atoms with E-state index >= 15 is 0 Å². The number of hydrogen-bond donors (Lipinski definition) is 0. The van der Waals surface area contributed by atoms with E-state index in [4.69, 9.17) is 9.47 Å². The fourth-order valence-electron chi connectivity index (χ4n) is 2.90. The number of aryl methyl sites for hydroxylation is 2. The molecular weight excluding hydrogens is 326 g/mol. The molecular formula is C18H21NO4S. The SMILES string of the molecule is CCN(c1cc(C)cc(C)c1)S(=O)(=O)c1ccc2c(c1)OCCO2. The van der Waals surface area contributed by atoms with Gasteiger partial charge in [-0.3, -0.25) is 4.31 Å². The maximum absolute atomic E-state index is 13.1. The summed E-state index contributed by atoms with van der Waals surface area (Å²) in [5.41, 5.74) is 2.73. The van der Waals surface area contributed by atoms with Crippen LogP contribution in [0.25, 0.3) is 0 Å². The molecule has 0 bridgehead atoms. The zero-order chi connectivity index (χ0) is 17.3. The van der Waals surface area contributed by atoms with Gasteiger partial charge in [0.1, 0.15) is 13.2 Å². The van der Waals surface area contributed by atoms with Crippen molar-refractivity contribution in [1.82, 2.24) is 0 Å². The third-order valence-corrected chi connectivity index (χ3v) is 5.78. The van der Waals surface area contributed by atoms with Gasteiger partial charge in [0, 0.05) is 12.6 Å². The fraction of sp³-hybridized carbons (Fsp3) is 0.333. The van der Waals surface area contributed by atoms with Crippen LogP contribution in [0.2, 0.25) is 0 Å². The minimum atomic E-state index is -3.67. The lowest BCUT2D eigenvalue weighted by Gasteiger charge is -2.25. The van der Waals surface area contributed by atoms with E-state index in [-0.39, 0.29) is 4.90 Å². The normalized spacial score (nSPS) is 13.6. The highest BCUT2D eigenvalue weighted by atomic mass is 32.2. The lowest BCUT2D eigenvalue weighted by molar-refractivity contribution is 0.171. The summed E-state index contributed by atoms with van der Waals surface area (Å²) in [7, 11) is -3.67. The van der Waals surface area contributed by atoms with Crippen molar-refractivity contribution < 1.29 is 17.9 Å². The first-order valence-electron chi connectivity index (χ1n) is 7.92. The van der Waals surface area contributed by atoms with Crippen molar-refractivity contribution in [2.45, 2.75) is 25.7 Å². The van der Waals surface area contributed by atoms with Gasteiger partial charge in [0.15, 0.2) is 11.5 Å². The third kappa shape index (κ3) is 3.06. The molecule has 0 saturated carbocycles. The average molecular weight is 347 g/mol. The number of sulfonamides is 1. The predicted molar refractivity (Wildman–Crippen MR) is 93.6 cm³/mol. The third-order valence-electron chi connectivity index (χ3n) is 3.88. The topological polar surface area (TPSA) is 55.8 Å². The Hall–Kier alpha value is -2.21. The van der Waals surface area contributed by atoms with Crippen molar-refractivity contribution in [3.8, 4) is 11.5 Å². The van der Waals surface area contributed by atoms with Crippen LogP contribution in [0, 0.1) is 13.8 Å². The van der Waals surface area contributed by atoms with Gasteiger partial charge in [0.25, 0.3) is 10.0 Å². The standard InChI is InChI=1S/C18H21NO4S/c1-4-19(15-10-13(2)9-14(3)11-15)24(20,21)16-5-6-17-18(12-16)23-8-7-22-17/h5-6,9-12H,4,7-8H2,1-3H3. The second-order valence-corrected chi connectivity index (χ2v) is 7.68. The molecule has 0 radical (unpaired) electrons. The number of benzene rings is 2. The van der Waals surface area contributed by atoms with Crippen molar-refractivity contribution in [1.29, 1.82) is 0 Å². The van der Waals surface area contributed by atoms with Crippen molar-refractivity contribution in [3.63, 3.8) is 0 Å². The van der Waals surface area contributed by atoms with Crippen molar-refractivity contribution in [2.75, 3.05) is 24.1 Å². The largest absolute Gasteiger partial charge is 0.486 e. The summed E-state index contributed by atoms with van der Waals surface area (Å²) < 4.78 is 38.6. The van der Waals surface area contributed by atoms with Crippen LogP contribution in [0.15, 0.2) is 41.3 Å². The minimum Gasteiger partial charge on any atom is -0.486 e. The molecule has 0 aliphatic carbocycles. The number of ether oxygens (including phenoxy) is 2. The van der Waals surface area contributed by atoms with Crippen LogP contribution in [-0.2, 0) is 10.0 Å². The molecule has 0 spiro atoms. The molecule has 0 fully saturated rings. The van der Waals surface area contributed by atoms with Gasteiger partial charge in [0.05, 0.1) is 10.6 Å². The van der Waals surface area contributed by atoms with Gasteiger partial charge >= 0.3 is 0 Å². The summed E-state index contributed by atoms with van der Waals surface area (Å²) in [4.78, 5) is 0.202. The Morgan fingerprint density at radius 2 is 1.58 bits per heavy atom. The van der Waals surface area contributed by atoms with E-state index in [1.165, 1.54) is 10.4 Å². The van der Waals surface area contributed by atoms with Gasteiger partial charge in [-0.05, 0) is 56.2 Å². The molecule has 0 unspecified atom stereocenters. The second-order valence-electron chi connectivity index (χ2n) is 5.82. The van der Waals surface area contributed by atoms with Crippen molar-refractivity contribution in [3.05, 3.63) is 47.5 Å². The van der Waals surface area contributed by atoms with E-state index in [1.807, 2.05) is 39.0 Å². The molecule has 1 heterocycles. The number of hydrogen-bond acceptors (Lipinski definition) is 4. The molecule has 0 aromatic heterocycles. The molecule has 2 aromatic carbocycles. The van der Waals surface area contributed by atoms with Crippen LogP contribution >= 0.6 is 0 Å². The number of rotatable bonds is 4. The molecule has 24 heavy (non-hydrogen) atoms. The minimum absolute atomic E-state index is 0.202. The lowest BCUT2D eigenvalue weighted by Crippen LogP contribution is -2.31. The van der Waals surface area contributed by atoms with Gasteiger partial charge in [-0.1, -0.05) is 6.07 Å². The van der Waals surface area contributed by atoms with E-state index in [2.05, 4.69) is 0 Å². The summed E-state index contributed by atoms with van der Waals surface area (Å²) in [6.45, 7) is 6.99. The van der Waals surface area contributed by atoms with E-state index in [1.54, 1.807) is 12.1 Å². The molecule has 3 rings (SSSR count). The maximum atomic E-state index is 13.1. The molecule has 2 aromatic rings. The van der Waals surface area contributed by atoms with Crippen LogP contribution in [0.3, 0.4) is 0 Å². The Morgan fingerprint density at radius 1 is 0.958 bits per heavy atom. The van der Waals surface area contributed by atoms with E-state index in [9.17, 15) is 8.42 Å². The van der Waals surface area contributed by atoms with E-state index in [0.717, 1.165) is 11.1 Å². The highest BCUT2D eigenvalue weighted by molar-refractivity contribution is 7.92. The van der Waals surface area contributed by atoms with Gasteiger partial charge in [-0.2, -0.15) is 0 Å². The van der Waals surface area contributed by atoms with E-state index in [0.29, 0.717) is 36.9 Å². The van der Waals surface area contributed by atoms with Crippen LogP contribution in [-0.4, -0.2) is 28.2 Å². The Balaban J connectivity index is 2.04. The summed E-state index contributed by atoms with van der Waals surface area (Å²) in [6.07, 6.45) is 0. The summed E-state index contributed by atoms with van der Waals surface area (Å²) in [5.74, 6) is 1.05. The molecule has 0 saturated heterocycles. The maximum Gasteiger partial charge on any atom is 0.264 e. The van der Waals surface area contributed by atoms with Crippen LogP contribution < -0.4 is 13.8 Å². The molecule has 128 valence electrons. The summed E-state index contributed by atoms with van der Waals surface area (Å²) >= 11 is 0. The zero-order valence-corrected chi connectivity index (χ0v) is 14.9. The lowest BCUT2D eigenvalue weighted by atomic mass is 10.1. The number of fused-ring (bicyclic) bond motifs is 1. The quantitative estimate of drug-likeness (QED) is 0.852. The molecule has 6 heteroatoms.